The van der Waals surface area contributed by atoms with Gasteiger partial charge in [-0.1, -0.05) is 30.3 Å². The third-order valence-corrected chi connectivity index (χ3v) is 4.88. The van der Waals surface area contributed by atoms with Crippen LogP contribution in [0.5, 0.6) is 0 Å². The first kappa shape index (κ1) is 25.1. The Hall–Kier alpha value is -1.14. The molecule has 0 bridgehead atoms. The van der Waals surface area contributed by atoms with Gasteiger partial charge in [-0.2, -0.15) is 0 Å². The lowest BCUT2D eigenvalue weighted by Gasteiger charge is -2.31. The van der Waals surface area contributed by atoms with Crippen LogP contribution >= 0.6 is 0 Å². The number of benzene rings is 1. The van der Waals surface area contributed by atoms with Crippen molar-refractivity contribution in [1.29, 1.82) is 0 Å². The molecular formula is C21H35NO8. The van der Waals surface area contributed by atoms with Crippen LogP contribution in [-0.4, -0.2) is 98.0 Å². The molecule has 1 fully saturated rings. The average molecular weight is 430 g/mol. The number of nitrogens with zero attached hydrogens (tertiary/aromatic N) is 1. The van der Waals surface area contributed by atoms with Gasteiger partial charge in [-0.25, -0.2) is 0 Å². The van der Waals surface area contributed by atoms with Gasteiger partial charge in [0.25, 0.3) is 0 Å². The summed E-state index contributed by atoms with van der Waals surface area (Å²) >= 11 is 0. The summed E-state index contributed by atoms with van der Waals surface area (Å²) in [5.74, 6) is 0. The smallest absolute Gasteiger partial charge is 0.146 e. The Morgan fingerprint density at radius 3 is 1.57 bits per heavy atom. The molecule has 0 N–H and O–H groups in total. The Kier molecular flexibility index (Phi) is 12.4. The minimum Gasteiger partial charge on any atom is -0.359 e. The molecular weight excluding hydrogens is 394 g/mol. The zero-order valence-corrected chi connectivity index (χ0v) is 18.4. The standard InChI is InChI=1S/C21H35NO8/c1-23-13-27-11-18-20(29-15-25-3)21(30-16-26-4)19(12-28-14-24-2)22(18)10-17-8-6-5-7-9-17/h5-9,18-21H,10-16H2,1-4H3/t18-,19-,20-,21-/m0/s1. The highest BCUT2D eigenvalue weighted by Gasteiger charge is 2.50. The molecule has 172 valence electrons. The summed E-state index contributed by atoms with van der Waals surface area (Å²) in [5.41, 5.74) is 1.17. The molecule has 1 aromatic rings. The highest BCUT2D eigenvalue weighted by atomic mass is 16.7. The summed E-state index contributed by atoms with van der Waals surface area (Å²) in [5, 5.41) is 0. The molecule has 1 saturated heterocycles. The molecule has 0 unspecified atom stereocenters. The van der Waals surface area contributed by atoms with Crippen LogP contribution < -0.4 is 0 Å². The van der Waals surface area contributed by atoms with E-state index in [4.69, 9.17) is 37.9 Å². The first-order chi connectivity index (χ1) is 14.8. The van der Waals surface area contributed by atoms with Crippen LogP contribution in [0, 0.1) is 0 Å². The van der Waals surface area contributed by atoms with Crippen LogP contribution in [0.15, 0.2) is 30.3 Å². The van der Waals surface area contributed by atoms with Gasteiger partial charge >= 0.3 is 0 Å². The lowest BCUT2D eigenvalue weighted by atomic mass is 10.1. The van der Waals surface area contributed by atoms with E-state index in [0.717, 1.165) is 0 Å². The van der Waals surface area contributed by atoms with Crippen molar-refractivity contribution in [2.75, 3.05) is 68.8 Å². The first-order valence-corrected chi connectivity index (χ1v) is 9.90. The molecule has 4 atom stereocenters. The Labute approximate surface area is 179 Å². The normalized spacial score (nSPS) is 24.5. The first-order valence-electron chi connectivity index (χ1n) is 9.90. The molecule has 1 aliphatic rings. The Morgan fingerprint density at radius 2 is 1.13 bits per heavy atom. The summed E-state index contributed by atoms with van der Waals surface area (Å²) in [6.45, 7) is 2.17. The molecule has 9 heteroatoms. The predicted molar refractivity (Wildman–Crippen MR) is 109 cm³/mol. The lowest BCUT2D eigenvalue weighted by molar-refractivity contribution is -0.161. The van der Waals surface area contributed by atoms with Crippen molar-refractivity contribution in [3.63, 3.8) is 0 Å². The second-order valence-corrected chi connectivity index (χ2v) is 6.92. The number of hydrogen-bond acceptors (Lipinski definition) is 9. The van der Waals surface area contributed by atoms with E-state index in [1.165, 1.54) is 5.56 Å². The topological polar surface area (TPSA) is 77.1 Å². The van der Waals surface area contributed by atoms with E-state index in [1.54, 1.807) is 28.4 Å². The largest absolute Gasteiger partial charge is 0.359 e. The van der Waals surface area contributed by atoms with Gasteiger partial charge in [0.05, 0.1) is 25.3 Å². The molecule has 0 spiro atoms. The highest BCUT2D eigenvalue weighted by Crippen LogP contribution is 2.32. The van der Waals surface area contributed by atoms with Crippen molar-refractivity contribution in [2.24, 2.45) is 0 Å². The van der Waals surface area contributed by atoms with Crippen molar-refractivity contribution in [3.8, 4) is 0 Å². The van der Waals surface area contributed by atoms with Crippen LogP contribution in [0.25, 0.3) is 0 Å². The van der Waals surface area contributed by atoms with Crippen LogP contribution in [0.3, 0.4) is 0 Å². The van der Waals surface area contributed by atoms with Gasteiger partial charge in [-0.05, 0) is 5.56 Å². The fourth-order valence-electron chi connectivity index (χ4n) is 3.68. The van der Waals surface area contributed by atoms with Crippen molar-refractivity contribution in [3.05, 3.63) is 35.9 Å². The Bertz CT molecular complexity index is 521. The maximum Gasteiger partial charge on any atom is 0.146 e. The predicted octanol–water partition coefficient (Wildman–Crippen LogP) is 1.46. The summed E-state index contributed by atoms with van der Waals surface area (Å²) in [6, 6.07) is 10.0. The minimum absolute atomic E-state index is 0.103. The third-order valence-electron chi connectivity index (χ3n) is 4.88. The molecule has 1 heterocycles. The van der Waals surface area contributed by atoms with E-state index in [1.807, 2.05) is 18.2 Å². The van der Waals surface area contributed by atoms with Gasteiger partial charge in [-0.15, -0.1) is 0 Å². The lowest BCUT2D eigenvalue weighted by Crippen LogP contribution is -2.44. The Morgan fingerprint density at radius 1 is 0.667 bits per heavy atom. The van der Waals surface area contributed by atoms with Crippen molar-refractivity contribution < 1.29 is 37.9 Å². The fourth-order valence-corrected chi connectivity index (χ4v) is 3.68. The minimum atomic E-state index is -0.309. The zero-order valence-electron chi connectivity index (χ0n) is 18.4. The summed E-state index contributed by atoms with van der Waals surface area (Å²) in [7, 11) is 6.39. The summed E-state index contributed by atoms with van der Waals surface area (Å²) in [6.07, 6.45) is -0.617. The molecule has 0 amide bonds. The van der Waals surface area contributed by atoms with E-state index < -0.39 is 0 Å². The number of likely N-dealkylation sites (tertiary alicyclic amines) is 1. The number of rotatable bonds is 16. The molecule has 9 nitrogen and oxygen atoms in total. The van der Waals surface area contributed by atoms with E-state index in [2.05, 4.69) is 17.0 Å². The molecule has 30 heavy (non-hydrogen) atoms. The van der Waals surface area contributed by atoms with E-state index >= 15 is 0 Å². The molecule has 1 aromatic carbocycles. The van der Waals surface area contributed by atoms with Gasteiger partial charge < -0.3 is 37.9 Å². The third kappa shape index (κ3) is 7.52. The van der Waals surface area contributed by atoms with Gasteiger partial charge in [0.15, 0.2) is 0 Å². The quantitative estimate of drug-likeness (QED) is 0.287. The molecule has 1 aliphatic heterocycles. The maximum atomic E-state index is 6.06. The number of ether oxygens (including phenoxy) is 8. The SMILES string of the molecule is COCOC[C@H]1[C@H](OCOC)[C@@H](OCOC)[C@H](COCOC)N1Cc1ccccc1. The van der Waals surface area contributed by atoms with Crippen LogP contribution in [-0.2, 0) is 44.4 Å². The second-order valence-electron chi connectivity index (χ2n) is 6.92. The molecule has 2 rings (SSSR count). The molecule has 0 saturated carbocycles. The van der Waals surface area contributed by atoms with Gasteiger partial charge in [0, 0.05) is 35.0 Å². The van der Waals surface area contributed by atoms with E-state index in [9.17, 15) is 0 Å². The highest BCUT2D eigenvalue weighted by molar-refractivity contribution is 5.16. The van der Waals surface area contributed by atoms with Crippen LogP contribution in [0.4, 0.5) is 0 Å². The maximum absolute atomic E-state index is 6.06. The van der Waals surface area contributed by atoms with Crippen molar-refractivity contribution in [2.45, 2.75) is 30.8 Å². The van der Waals surface area contributed by atoms with Crippen LogP contribution in [0.2, 0.25) is 0 Å². The fraction of sp³-hybridized carbons (Fsp3) is 0.714. The summed E-state index contributed by atoms with van der Waals surface area (Å²) < 4.78 is 44.1. The molecule has 0 aliphatic carbocycles. The van der Waals surface area contributed by atoms with Gasteiger partial charge in [0.2, 0.25) is 0 Å². The average Bonchev–Trinajstić information content (AvgIpc) is 3.03. The number of methoxy groups -OCH3 is 4. The zero-order chi connectivity index (χ0) is 21.6. The van der Waals surface area contributed by atoms with Gasteiger partial charge in [0.1, 0.15) is 39.4 Å². The van der Waals surface area contributed by atoms with Crippen LogP contribution in [0.1, 0.15) is 5.56 Å². The van der Waals surface area contributed by atoms with E-state index in [0.29, 0.717) is 19.8 Å². The second kappa shape index (κ2) is 14.8. The molecule has 0 aromatic heterocycles. The van der Waals surface area contributed by atoms with Crippen molar-refractivity contribution in [1.82, 2.24) is 4.90 Å². The summed E-state index contributed by atoms with van der Waals surface area (Å²) in [4.78, 5) is 2.29. The molecule has 0 radical (unpaired) electrons. The number of hydrogen-bond donors (Lipinski definition) is 0. The monoisotopic (exact) mass is 429 g/mol. The van der Waals surface area contributed by atoms with Crippen molar-refractivity contribution >= 4 is 0 Å². The van der Waals surface area contributed by atoms with Gasteiger partial charge in [-0.3, -0.25) is 4.90 Å². The Balaban J connectivity index is 2.29. The van der Waals surface area contributed by atoms with E-state index in [-0.39, 0.29) is 51.5 Å².